The third-order valence-corrected chi connectivity index (χ3v) is 22.8. The van der Waals surface area contributed by atoms with E-state index in [0.717, 1.165) is 12.2 Å². The number of aromatic nitrogens is 1. The van der Waals surface area contributed by atoms with Gasteiger partial charge in [0.1, 0.15) is 0 Å². The van der Waals surface area contributed by atoms with Crippen molar-refractivity contribution in [1.29, 1.82) is 0 Å². The molecule has 0 bridgehead atoms. The van der Waals surface area contributed by atoms with Gasteiger partial charge in [0.25, 0.3) is 0 Å². The number of rotatable bonds is 14. The second-order valence-corrected chi connectivity index (χ2v) is 27.0. The monoisotopic (exact) mass is 527 g/mol. The molecule has 0 aliphatic carbocycles. The molecule has 0 aromatic carbocycles. The van der Waals surface area contributed by atoms with Gasteiger partial charge in [-0.3, -0.25) is 0 Å². The van der Waals surface area contributed by atoms with Crippen LogP contribution in [0.5, 0.6) is 5.75 Å². The van der Waals surface area contributed by atoms with Crippen LogP contribution in [0.25, 0.3) is 0 Å². The molecular formula is C25H49NOSiSn. The third kappa shape index (κ3) is 9.33. The molecule has 0 amide bonds. The molecule has 1 heterocycles. The zero-order valence-electron chi connectivity index (χ0n) is 20.9. The molecule has 1 rings (SSSR count). The third-order valence-electron chi connectivity index (χ3n) is 6.21. The van der Waals surface area contributed by atoms with Crippen LogP contribution in [0.4, 0.5) is 0 Å². The van der Waals surface area contributed by atoms with Crippen LogP contribution >= 0.6 is 0 Å². The first-order chi connectivity index (χ1) is 13.7. The normalized spacial score (nSPS) is 12.6. The predicted molar refractivity (Wildman–Crippen MR) is 136 cm³/mol. The van der Waals surface area contributed by atoms with Crippen LogP contribution in [0.3, 0.4) is 0 Å². The van der Waals surface area contributed by atoms with E-state index in [1.165, 1.54) is 54.2 Å². The van der Waals surface area contributed by atoms with Crippen LogP contribution in [0, 0.1) is 0 Å². The minimum atomic E-state index is -2.14. The van der Waals surface area contributed by atoms with E-state index < -0.39 is 27.4 Å². The fourth-order valence-electron chi connectivity index (χ4n) is 4.42. The fourth-order valence-corrected chi connectivity index (χ4v) is 21.1. The van der Waals surface area contributed by atoms with Crippen molar-refractivity contribution in [3.05, 3.63) is 23.5 Å². The Hall–Kier alpha value is -0.0344. The average Bonchev–Trinajstić information content (AvgIpc) is 2.66. The first-order valence-electron chi connectivity index (χ1n) is 12.3. The van der Waals surface area contributed by atoms with Gasteiger partial charge >= 0.3 is 189 Å². The Kier molecular flexibility index (Phi) is 12.5. The van der Waals surface area contributed by atoms with Gasteiger partial charge in [-0.2, -0.15) is 0 Å². The molecular weight excluding hydrogens is 477 g/mol. The van der Waals surface area contributed by atoms with Gasteiger partial charge < -0.3 is 0 Å². The molecule has 1 aromatic heterocycles. The van der Waals surface area contributed by atoms with E-state index in [4.69, 9.17) is 9.41 Å². The van der Waals surface area contributed by atoms with Crippen LogP contribution < -0.4 is 4.43 Å². The topological polar surface area (TPSA) is 22.1 Å². The molecule has 0 aliphatic rings. The van der Waals surface area contributed by atoms with E-state index in [-0.39, 0.29) is 5.41 Å². The number of unbranched alkanes of at least 4 members (excludes halogenated alkanes) is 3. The standard InChI is InChI=1S/C13H22NOSi.3C4H9.Sn/c1-7-11-12(15-16(5)6)10(8-9-14-11)13(2,3)4;3*1-3-4-2;/h8-9,16H,1,7H2,2-6H3;3*1,3-4H2,2H3;. The zero-order chi connectivity index (χ0) is 21.9. The van der Waals surface area contributed by atoms with Crippen LogP contribution in [-0.2, 0) is 11.8 Å². The summed E-state index contributed by atoms with van der Waals surface area (Å²) in [6.45, 7) is 18.5. The molecule has 0 fully saturated rings. The van der Waals surface area contributed by atoms with Crippen molar-refractivity contribution < 1.29 is 4.43 Å². The predicted octanol–water partition coefficient (Wildman–Crippen LogP) is 8.13. The molecule has 1 aromatic rings. The molecule has 0 saturated heterocycles. The van der Waals surface area contributed by atoms with Gasteiger partial charge in [0.2, 0.25) is 0 Å². The minimum absolute atomic E-state index is 0.101. The maximum atomic E-state index is 6.51. The van der Waals surface area contributed by atoms with E-state index in [1.807, 2.05) is 6.20 Å². The quantitative estimate of drug-likeness (QED) is 0.228. The van der Waals surface area contributed by atoms with Crippen LogP contribution in [0.2, 0.25) is 30.8 Å². The number of pyridine rings is 1. The van der Waals surface area contributed by atoms with Crippen molar-refractivity contribution in [2.45, 2.75) is 123 Å². The summed E-state index contributed by atoms with van der Waals surface area (Å²) in [6, 6.07) is 2.19. The molecule has 0 aliphatic heterocycles. The first-order valence-corrected chi connectivity index (χ1v) is 23.2. The molecule has 4 heteroatoms. The van der Waals surface area contributed by atoms with E-state index >= 15 is 0 Å². The number of aryl methyl sites for hydroxylation is 1. The Morgan fingerprint density at radius 2 is 1.41 bits per heavy atom. The van der Waals surface area contributed by atoms with Gasteiger partial charge in [-0.15, -0.1) is 0 Å². The van der Waals surface area contributed by atoms with Crippen molar-refractivity contribution in [2.75, 3.05) is 0 Å². The second kappa shape index (κ2) is 13.4. The molecule has 0 N–H and O–H groups in total. The number of hydrogen-bond acceptors (Lipinski definition) is 2. The Bertz CT molecular complexity index is 561. The fraction of sp³-hybridized carbons (Fsp3) is 0.800. The van der Waals surface area contributed by atoms with Crippen LogP contribution in [0.15, 0.2) is 12.3 Å². The van der Waals surface area contributed by atoms with Crippen molar-refractivity contribution in [3.63, 3.8) is 0 Å². The van der Waals surface area contributed by atoms with Gasteiger partial charge in [-0.25, -0.2) is 0 Å². The molecule has 0 radical (unpaired) electrons. The summed E-state index contributed by atoms with van der Waals surface area (Å²) >= 11 is -2.14. The molecule has 0 saturated carbocycles. The first kappa shape index (κ1) is 27.0. The van der Waals surface area contributed by atoms with E-state index in [0.29, 0.717) is 0 Å². The average molecular weight is 526 g/mol. The van der Waals surface area contributed by atoms with Gasteiger partial charge in [0, 0.05) is 0 Å². The summed E-state index contributed by atoms with van der Waals surface area (Å²) in [6.07, 6.45) is 11.6. The molecule has 168 valence electrons. The Labute approximate surface area is 188 Å². The number of nitrogens with zero attached hydrogens (tertiary/aromatic N) is 1. The summed E-state index contributed by atoms with van der Waals surface area (Å²) in [7, 11) is -1.17. The van der Waals surface area contributed by atoms with Gasteiger partial charge in [-0.05, 0) is 0 Å². The Morgan fingerprint density at radius 3 is 1.83 bits per heavy atom. The maximum absolute atomic E-state index is 6.51. The summed E-state index contributed by atoms with van der Waals surface area (Å²) in [5.41, 5.74) is 2.70. The molecule has 0 atom stereocenters. The Balaban J connectivity index is 3.18. The molecule has 0 unspecified atom stereocenters. The number of hydrogen-bond donors (Lipinski definition) is 0. The van der Waals surface area contributed by atoms with Crippen molar-refractivity contribution >= 4 is 27.4 Å². The SMILES string of the molecule is CCC[CH2][Sn]([CH2]CCC)([CH2]CCC)[CH2]Cc1nccc(C(C)(C)C)c1O[SiH](C)C. The summed E-state index contributed by atoms with van der Waals surface area (Å²) in [5, 5.41) is 0. The second-order valence-electron chi connectivity index (χ2n) is 10.4. The van der Waals surface area contributed by atoms with Gasteiger partial charge in [-0.1, -0.05) is 0 Å². The van der Waals surface area contributed by atoms with Gasteiger partial charge in [0.05, 0.1) is 0 Å². The van der Waals surface area contributed by atoms with E-state index in [1.54, 1.807) is 13.3 Å². The van der Waals surface area contributed by atoms with E-state index in [2.05, 4.69) is 60.7 Å². The molecule has 2 nitrogen and oxygen atoms in total. The van der Waals surface area contributed by atoms with Gasteiger partial charge in [0.15, 0.2) is 0 Å². The van der Waals surface area contributed by atoms with E-state index in [9.17, 15) is 0 Å². The van der Waals surface area contributed by atoms with Crippen LogP contribution in [-0.4, -0.2) is 32.4 Å². The summed E-state index contributed by atoms with van der Waals surface area (Å²) in [4.78, 5) is 4.88. The van der Waals surface area contributed by atoms with Crippen molar-refractivity contribution in [2.24, 2.45) is 0 Å². The summed E-state index contributed by atoms with van der Waals surface area (Å²) < 4.78 is 12.7. The van der Waals surface area contributed by atoms with Crippen molar-refractivity contribution in [3.8, 4) is 5.75 Å². The zero-order valence-corrected chi connectivity index (χ0v) is 24.9. The Morgan fingerprint density at radius 1 is 0.897 bits per heavy atom. The molecule has 0 spiro atoms. The molecule has 29 heavy (non-hydrogen) atoms. The summed E-state index contributed by atoms with van der Waals surface area (Å²) in [5.74, 6) is 1.14. The van der Waals surface area contributed by atoms with Crippen LogP contribution in [0.1, 0.15) is 91.3 Å². The van der Waals surface area contributed by atoms with Crippen molar-refractivity contribution in [1.82, 2.24) is 4.98 Å².